The lowest BCUT2D eigenvalue weighted by Gasteiger charge is -2.12. The maximum atomic E-state index is 13.8. The first-order valence-electron chi connectivity index (χ1n) is 11.7. The number of hydrogen-bond acceptors (Lipinski definition) is 5. The first-order valence-corrected chi connectivity index (χ1v) is 12.6. The van der Waals surface area contributed by atoms with E-state index >= 15 is 0 Å². The predicted molar refractivity (Wildman–Crippen MR) is 141 cm³/mol. The van der Waals surface area contributed by atoms with Crippen LogP contribution in [0.2, 0.25) is 0 Å². The SMILES string of the molecule is CCn1c(SCC(=O)NCc2ccccc2F)nnc1-c1cc(-c2ccccc2)nc2ccccc12. The van der Waals surface area contributed by atoms with Crippen molar-refractivity contribution in [2.24, 2.45) is 0 Å². The van der Waals surface area contributed by atoms with Crippen LogP contribution in [0.1, 0.15) is 12.5 Å². The molecule has 0 aliphatic rings. The lowest BCUT2D eigenvalue weighted by Crippen LogP contribution is -2.25. The number of fused-ring (bicyclic) bond motifs is 1. The Bertz CT molecular complexity index is 1520. The van der Waals surface area contributed by atoms with Gasteiger partial charge in [0.1, 0.15) is 5.82 Å². The molecule has 180 valence electrons. The fraction of sp³-hybridized carbons (Fsp3) is 0.143. The Balaban J connectivity index is 1.40. The third-order valence-corrected chi connectivity index (χ3v) is 6.79. The van der Waals surface area contributed by atoms with E-state index in [2.05, 4.69) is 15.5 Å². The Morgan fingerprint density at radius 1 is 0.972 bits per heavy atom. The number of pyridine rings is 1. The molecule has 8 heteroatoms. The van der Waals surface area contributed by atoms with Crippen LogP contribution < -0.4 is 5.32 Å². The maximum absolute atomic E-state index is 13.8. The van der Waals surface area contributed by atoms with Gasteiger partial charge in [-0.15, -0.1) is 10.2 Å². The van der Waals surface area contributed by atoms with Gasteiger partial charge in [-0.2, -0.15) is 0 Å². The van der Waals surface area contributed by atoms with Crippen molar-refractivity contribution < 1.29 is 9.18 Å². The molecule has 0 saturated heterocycles. The molecule has 5 aromatic rings. The highest BCUT2D eigenvalue weighted by Gasteiger charge is 2.18. The molecule has 1 N–H and O–H groups in total. The first kappa shape index (κ1) is 23.7. The Labute approximate surface area is 212 Å². The predicted octanol–water partition coefficient (Wildman–Crippen LogP) is 5.73. The Morgan fingerprint density at radius 2 is 1.72 bits per heavy atom. The molecule has 0 atom stereocenters. The quantitative estimate of drug-likeness (QED) is 0.277. The number of halogens is 1. The van der Waals surface area contributed by atoms with Gasteiger partial charge in [-0.3, -0.25) is 4.79 Å². The number of nitrogens with one attached hydrogen (secondary N) is 1. The number of para-hydroxylation sites is 1. The molecule has 0 spiro atoms. The first-order chi connectivity index (χ1) is 17.6. The number of aromatic nitrogens is 4. The zero-order valence-corrected chi connectivity index (χ0v) is 20.5. The number of rotatable bonds is 8. The Hall–Kier alpha value is -4.04. The van der Waals surface area contributed by atoms with Crippen LogP contribution >= 0.6 is 11.8 Å². The van der Waals surface area contributed by atoms with Crippen LogP contribution in [0.3, 0.4) is 0 Å². The van der Waals surface area contributed by atoms with Gasteiger partial charge >= 0.3 is 0 Å². The van der Waals surface area contributed by atoms with Crippen molar-refractivity contribution in [1.29, 1.82) is 0 Å². The molecule has 0 aliphatic carbocycles. The molecule has 0 fully saturated rings. The normalized spacial score (nSPS) is 11.1. The summed E-state index contributed by atoms with van der Waals surface area (Å²) >= 11 is 1.31. The molecule has 3 aromatic carbocycles. The van der Waals surface area contributed by atoms with Crippen LogP contribution in [0.5, 0.6) is 0 Å². The van der Waals surface area contributed by atoms with Gasteiger partial charge in [0, 0.05) is 35.2 Å². The lowest BCUT2D eigenvalue weighted by molar-refractivity contribution is -0.118. The number of nitrogens with zero attached hydrogens (tertiary/aromatic N) is 4. The average Bonchev–Trinajstić information content (AvgIpc) is 3.34. The molecular formula is C28H24FN5OS. The van der Waals surface area contributed by atoms with Crippen molar-refractivity contribution in [2.45, 2.75) is 25.2 Å². The summed E-state index contributed by atoms with van der Waals surface area (Å²) < 4.78 is 15.8. The summed E-state index contributed by atoms with van der Waals surface area (Å²) in [5.74, 6) is 0.345. The summed E-state index contributed by atoms with van der Waals surface area (Å²) in [5, 5.41) is 13.3. The fourth-order valence-corrected chi connectivity index (χ4v) is 4.85. The number of carbonyl (C=O) groups excluding carboxylic acids is 1. The summed E-state index contributed by atoms with van der Waals surface area (Å²) in [4.78, 5) is 17.3. The van der Waals surface area contributed by atoms with Gasteiger partial charge in [0.25, 0.3) is 0 Å². The van der Waals surface area contributed by atoms with E-state index in [-0.39, 0.29) is 24.0 Å². The molecule has 6 nitrogen and oxygen atoms in total. The number of carbonyl (C=O) groups is 1. The van der Waals surface area contributed by atoms with Crippen LogP contribution in [-0.4, -0.2) is 31.4 Å². The number of thioether (sulfide) groups is 1. The van der Waals surface area contributed by atoms with Crippen molar-refractivity contribution in [3.63, 3.8) is 0 Å². The smallest absolute Gasteiger partial charge is 0.230 e. The summed E-state index contributed by atoms with van der Waals surface area (Å²) in [6, 6.07) is 26.5. The molecule has 2 heterocycles. The third kappa shape index (κ3) is 4.99. The van der Waals surface area contributed by atoms with Crippen LogP contribution in [0.25, 0.3) is 33.5 Å². The molecule has 0 aliphatic heterocycles. The molecule has 36 heavy (non-hydrogen) atoms. The van der Waals surface area contributed by atoms with Crippen LogP contribution in [0.15, 0.2) is 90.1 Å². The maximum Gasteiger partial charge on any atom is 0.230 e. The molecular weight excluding hydrogens is 473 g/mol. The largest absolute Gasteiger partial charge is 0.351 e. The van der Waals surface area contributed by atoms with Gasteiger partial charge in [0.2, 0.25) is 5.91 Å². The van der Waals surface area contributed by atoms with Gasteiger partial charge in [-0.25, -0.2) is 9.37 Å². The van der Waals surface area contributed by atoms with E-state index in [0.717, 1.165) is 33.5 Å². The monoisotopic (exact) mass is 497 g/mol. The average molecular weight is 498 g/mol. The van der Waals surface area contributed by atoms with E-state index < -0.39 is 0 Å². The molecule has 2 aromatic heterocycles. The number of amides is 1. The van der Waals surface area contributed by atoms with E-state index in [1.54, 1.807) is 18.2 Å². The summed E-state index contributed by atoms with van der Waals surface area (Å²) in [6.07, 6.45) is 0. The molecule has 0 radical (unpaired) electrons. The van der Waals surface area contributed by atoms with Crippen molar-refractivity contribution in [3.05, 3.63) is 96.3 Å². The second kappa shape index (κ2) is 10.7. The zero-order chi connectivity index (χ0) is 24.9. The van der Waals surface area contributed by atoms with Gasteiger partial charge in [-0.1, -0.05) is 78.5 Å². The second-order valence-electron chi connectivity index (χ2n) is 8.15. The fourth-order valence-electron chi connectivity index (χ4n) is 4.01. The molecule has 0 saturated carbocycles. The standard InChI is InChI=1S/C28H24FN5OS/c1-2-34-27(32-33-28(34)36-18-26(35)30-17-20-12-6-8-14-23(20)29)22-16-25(19-10-4-3-5-11-19)31-24-15-9-7-13-21(22)24/h3-16H,2,17-18H2,1H3,(H,30,35). The number of benzene rings is 3. The summed E-state index contributed by atoms with van der Waals surface area (Å²) in [6.45, 7) is 2.80. The van der Waals surface area contributed by atoms with Crippen molar-refractivity contribution in [2.75, 3.05) is 5.75 Å². The van der Waals surface area contributed by atoms with E-state index in [9.17, 15) is 9.18 Å². The third-order valence-electron chi connectivity index (χ3n) is 5.83. The van der Waals surface area contributed by atoms with Crippen molar-refractivity contribution in [1.82, 2.24) is 25.1 Å². The Morgan fingerprint density at radius 3 is 2.53 bits per heavy atom. The zero-order valence-electron chi connectivity index (χ0n) is 19.7. The van der Waals surface area contributed by atoms with E-state index in [4.69, 9.17) is 4.98 Å². The highest BCUT2D eigenvalue weighted by atomic mass is 32.2. The van der Waals surface area contributed by atoms with Gasteiger partial charge in [0.05, 0.1) is 17.0 Å². The summed E-state index contributed by atoms with van der Waals surface area (Å²) in [5.41, 5.74) is 4.14. The topological polar surface area (TPSA) is 72.7 Å². The molecule has 0 bridgehead atoms. The van der Waals surface area contributed by atoms with Crippen LogP contribution in [0, 0.1) is 5.82 Å². The van der Waals surface area contributed by atoms with Crippen LogP contribution in [0.4, 0.5) is 4.39 Å². The molecule has 1 amide bonds. The van der Waals surface area contributed by atoms with Gasteiger partial charge < -0.3 is 9.88 Å². The molecule has 5 rings (SSSR count). The lowest BCUT2D eigenvalue weighted by atomic mass is 10.0. The van der Waals surface area contributed by atoms with Crippen molar-refractivity contribution >= 4 is 28.6 Å². The van der Waals surface area contributed by atoms with Crippen LogP contribution in [-0.2, 0) is 17.9 Å². The highest BCUT2D eigenvalue weighted by Crippen LogP contribution is 2.32. The molecule has 0 unspecified atom stereocenters. The number of hydrogen-bond donors (Lipinski definition) is 1. The van der Waals surface area contributed by atoms with E-state index in [1.807, 2.05) is 72.2 Å². The minimum Gasteiger partial charge on any atom is -0.351 e. The highest BCUT2D eigenvalue weighted by molar-refractivity contribution is 7.99. The van der Waals surface area contributed by atoms with Crippen molar-refractivity contribution in [3.8, 4) is 22.6 Å². The Kier molecular flexibility index (Phi) is 7.04. The minimum absolute atomic E-state index is 0.142. The van der Waals surface area contributed by atoms with E-state index in [1.165, 1.54) is 17.8 Å². The van der Waals surface area contributed by atoms with E-state index in [0.29, 0.717) is 17.3 Å². The van der Waals surface area contributed by atoms with Gasteiger partial charge in [-0.05, 0) is 25.1 Å². The summed E-state index contributed by atoms with van der Waals surface area (Å²) in [7, 11) is 0. The minimum atomic E-state index is -0.333. The van der Waals surface area contributed by atoms with Gasteiger partial charge in [0.15, 0.2) is 11.0 Å². The second-order valence-corrected chi connectivity index (χ2v) is 9.09.